The Labute approximate surface area is 161 Å². The molecule has 0 unspecified atom stereocenters. The molecule has 3 rings (SSSR count). The minimum atomic E-state index is -1.29. The second kappa shape index (κ2) is 9.14. The first kappa shape index (κ1) is 19.6. The molecule has 0 amide bonds. The number of aromatic nitrogens is 2. The van der Waals surface area contributed by atoms with E-state index in [0.29, 0.717) is 48.3 Å². The van der Waals surface area contributed by atoms with Gasteiger partial charge in [-0.3, -0.25) is 0 Å². The molecular formula is C19H21N3O6. The van der Waals surface area contributed by atoms with E-state index in [1.54, 1.807) is 30.6 Å². The zero-order valence-corrected chi connectivity index (χ0v) is 15.4. The van der Waals surface area contributed by atoms with E-state index in [4.69, 9.17) is 14.6 Å². The molecule has 1 aromatic heterocycles. The number of carbonyl (C=O) groups is 2. The van der Waals surface area contributed by atoms with Crippen molar-refractivity contribution >= 4 is 12.1 Å². The summed E-state index contributed by atoms with van der Waals surface area (Å²) in [5.74, 6) is 0.931. The number of rotatable bonds is 6. The molecule has 0 bridgehead atoms. The molecular weight excluding hydrogens is 366 g/mol. The molecule has 28 heavy (non-hydrogen) atoms. The van der Waals surface area contributed by atoms with E-state index in [9.17, 15) is 9.59 Å². The highest BCUT2D eigenvalue weighted by molar-refractivity contribution is 5.90. The monoisotopic (exact) mass is 387 g/mol. The van der Waals surface area contributed by atoms with Crippen molar-refractivity contribution in [3.63, 3.8) is 0 Å². The van der Waals surface area contributed by atoms with Crippen LogP contribution in [0.3, 0.4) is 0 Å². The van der Waals surface area contributed by atoms with Crippen LogP contribution in [0.25, 0.3) is 11.4 Å². The van der Waals surface area contributed by atoms with Crippen molar-refractivity contribution in [1.82, 2.24) is 15.0 Å². The third kappa shape index (κ3) is 5.17. The van der Waals surface area contributed by atoms with Gasteiger partial charge in [-0.25, -0.2) is 19.6 Å². The lowest BCUT2D eigenvalue weighted by atomic mass is 9.99. The molecule has 148 valence electrons. The average molecular weight is 387 g/mol. The normalized spacial score (nSPS) is 15.0. The summed E-state index contributed by atoms with van der Waals surface area (Å²) in [6, 6.07) is 6.90. The molecule has 2 heterocycles. The average Bonchev–Trinajstić information content (AvgIpc) is 2.73. The first-order valence-electron chi connectivity index (χ1n) is 8.84. The van der Waals surface area contributed by atoms with Gasteiger partial charge in [0, 0.05) is 18.7 Å². The van der Waals surface area contributed by atoms with Crippen molar-refractivity contribution in [2.75, 3.05) is 26.8 Å². The van der Waals surface area contributed by atoms with Gasteiger partial charge in [0.25, 0.3) is 0 Å². The van der Waals surface area contributed by atoms with Crippen molar-refractivity contribution < 1.29 is 29.0 Å². The zero-order valence-electron chi connectivity index (χ0n) is 15.4. The fourth-order valence-electron chi connectivity index (χ4n) is 2.93. The van der Waals surface area contributed by atoms with E-state index in [2.05, 4.69) is 14.8 Å². The van der Waals surface area contributed by atoms with Crippen LogP contribution in [-0.2, 0) is 9.57 Å². The number of hydrogen-bond acceptors (Lipinski definition) is 8. The van der Waals surface area contributed by atoms with Gasteiger partial charge in [-0.1, -0.05) is 12.1 Å². The molecule has 1 fully saturated rings. The Morgan fingerprint density at radius 2 is 1.93 bits per heavy atom. The number of ether oxygens (including phenoxy) is 2. The smallest absolute Gasteiger partial charge is 0.490 e. The number of carboxylic acid groups (broad SMARTS) is 1. The molecule has 0 saturated carbocycles. The molecule has 1 aliphatic rings. The Bertz CT molecular complexity index is 819. The Balaban J connectivity index is 1.53. The lowest BCUT2D eigenvalue weighted by Gasteiger charge is -2.29. The highest BCUT2D eigenvalue weighted by atomic mass is 16.8. The van der Waals surface area contributed by atoms with Crippen LogP contribution in [0.1, 0.15) is 23.2 Å². The van der Waals surface area contributed by atoms with E-state index in [1.807, 2.05) is 6.07 Å². The largest absolute Gasteiger partial charge is 0.525 e. The van der Waals surface area contributed by atoms with E-state index in [-0.39, 0.29) is 0 Å². The standard InChI is InChI=1S/C19H21N3O6/c1-26-18(23)15-4-2-3-14(9-15)17-20-10-16(11-21-17)27-12-13-5-7-22(8-6-13)28-19(24)25/h2-4,9-11,13H,5-8,12H2,1H3,(H,24,25). The Hall–Kier alpha value is -3.20. The summed E-state index contributed by atoms with van der Waals surface area (Å²) in [5, 5.41) is 10.1. The minimum absolute atomic E-state index is 0.310. The van der Waals surface area contributed by atoms with Crippen LogP contribution in [-0.4, -0.2) is 59.1 Å². The van der Waals surface area contributed by atoms with Gasteiger partial charge in [-0.2, -0.15) is 0 Å². The lowest BCUT2D eigenvalue weighted by Crippen LogP contribution is -2.36. The second-order valence-electron chi connectivity index (χ2n) is 6.36. The van der Waals surface area contributed by atoms with Crippen molar-refractivity contribution in [3.05, 3.63) is 42.2 Å². The van der Waals surface area contributed by atoms with Crippen LogP contribution in [0.4, 0.5) is 4.79 Å². The summed E-state index contributed by atoms with van der Waals surface area (Å²) in [5.41, 5.74) is 1.14. The molecule has 0 aliphatic carbocycles. The summed E-state index contributed by atoms with van der Waals surface area (Å²) in [6.07, 6.45) is 3.47. The highest BCUT2D eigenvalue weighted by Crippen LogP contribution is 2.21. The van der Waals surface area contributed by atoms with E-state index in [1.165, 1.54) is 12.2 Å². The topological polar surface area (TPSA) is 111 Å². The van der Waals surface area contributed by atoms with Gasteiger partial charge in [-0.05, 0) is 30.9 Å². The number of benzene rings is 1. The lowest BCUT2D eigenvalue weighted by molar-refractivity contribution is -0.137. The van der Waals surface area contributed by atoms with Crippen LogP contribution in [0.2, 0.25) is 0 Å². The van der Waals surface area contributed by atoms with E-state index >= 15 is 0 Å². The molecule has 2 aromatic rings. The third-order valence-electron chi connectivity index (χ3n) is 4.44. The van der Waals surface area contributed by atoms with Gasteiger partial charge in [0.1, 0.15) is 0 Å². The second-order valence-corrected chi connectivity index (χ2v) is 6.36. The Morgan fingerprint density at radius 3 is 2.57 bits per heavy atom. The highest BCUT2D eigenvalue weighted by Gasteiger charge is 2.22. The van der Waals surface area contributed by atoms with Crippen molar-refractivity contribution in [2.45, 2.75) is 12.8 Å². The molecule has 0 atom stereocenters. The van der Waals surface area contributed by atoms with Crippen molar-refractivity contribution in [2.24, 2.45) is 5.92 Å². The van der Waals surface area contributed by atoms with E-state index < -0.39 is 12.1 Å². The van der Waals surface area contributed by atoms with Gasteiger partial charge in [0.05, 0.1) is 31.7 Å². The Kier molecular flexibility index (Phi) is 6.38. The first-order chi connectivity index (χ1) is 13.5. The first-order valence-corrected chi connectivity index (χ1v) is 8.84. The predicted molar refractivity (Wildman–Crippen MR) is 97.7 cm³/mol. The Morgan fingerprint density at radius 1 is 1.21 bits per heavy atom. The summed E-state index contributed by atoms with van der Waals surface area (Å²) < 4.78 is 10.5. The molecule has 1 N–H and O–H groups in total. The number of hydrogen-bond donors (Lipinski definition) is 1. The van der Waals surface area contributed by atoms with Crippen LogP contribution < -0.4 is 4.74 Å². The maximum absolute atomic E-state index is 11.6. The molecule has 9 heteroatoms. The number of piperidine rings is 1. The number of methoxy groups -OCH3 is 1. The molecule has 0 spiro atoms. The summed E-state index contributed by atoms with van der Waals surface area (Å²) in [7, 11) is 1.33. The molecule has 1 saturated heterocycles. The fraction of sp³-hybridized carbons (Fsp3) is 0.368. The van der Waals surface area contributed by atoms with Crippen molar-refractivity contribution in [3.8, 4) is 17.1 Å². The van der Waals surface area contributed by atoms with Crippen LogP contribution in [0.15, 0.2) is 36.7 Å². The van der Waals surface area contributed by atoms with Gasteiger partial charge in [0.15, 0.2) is 11.6 Å². The number of carbonyl (C=O) groups excluding carboxylic acids is 1. The number of hydroxylamine groups is 2. The van der Waals surface area contributed by atoms with Crippen molar-refractivity contribution in [1.29, 1.82) is 0 Å². The van der Waals surface area contributed by atoms with Crippen LogP contribution >= 0.6 is 0 Å². The molecule has 0 radical (unpaired) electrons. The molecule has 9 nitrogen and oxygen atoms in total. The van der Waals surface area contributed by atoms with Gasteiger partial charge in [0.2, 0.25) is 0 Å². The summed E-state index contributed by atoms with van der Waals surface area (Å²) >= 11 is 0. The SMILES string of the molecule is COC(=O)c1cccc(-c2ncc(OCC3CCN(OC(=O)O)CC3)cn2)c1. The number of esters is 1. The quantitative estimate of drug-likeness (QED) is 0.748. The fourth-order valence-corrected chi connectivity index (χ4v) is 2.93. The summed E-state index contributed by atoms with van der Waals surface area (Å²) in [4.78, 5) is 35.4. The zero-order chi connectivity index (χ0) is 19.9. The maximum atomic E-state index is 11.6. The van der Waals surface area contributed by atoms with Gasteiger partial charge in [-0.15, -0.1) is 5.06 Å². The third-order valence-corrected chi connectivity index (χ3v) is 4.44. The number of nitrogens with zero attached hydrogens (tertiary/aromatic N) is 3. The van der Waals surface area contributed by atoms with Gasteiger partial charge < -0.3 is 19.4 Å². The molecule has 1 aliphatic heterocycles. The maximum Gasteiger partial charge on any atom is 0.525 e. The van der Waals surface area contributed by atoms with Gasteiger partial charge >= 0.3 is 12.1 Å². The van der Waals surface area contributed by atoms with Crippen LogP contribution in [0, 0.1) is 5.92 Å². The minimum Gasteiger partial charge on any atom is -0.490 e. The summed E-state index contributed by atoms with van der Waals surface area (Å²) in [6.45, 7) is 1.60. The predicted octanol–water partition coefficient (Wildman–Crippen LogP) is 2.63. The van der Waals surface area contributed by atoms with E-state index in [0.717, 1.165) is 12.8 Å². The molecule has 1 aromatic carbocycles. The van der Waals surface area contributed by atoms with Crippen LogP contribution in [0.5, 0.6) is 5.75 Å².